The molecule has 3 aromatic carbocycles. The molecule has 4 aromatic rings. The van der Waals surface area contributed by atoms with E-state index in [1.807, 2.05) is 36.4 Å². The Hall–Kier alpha value is -3.56. The van der Waals surface area contributed by atoms with Crippen molar-refractivity contribution in [1.82, 2.24) is 19.0 Å². The summed E-state index contributed by atoms with van der Waals surface area (Å²) in [6.45, 7) is 2.53. The van der Waals surface area contributed by atoms with Gasteiger partial charge in [0.1, 0.15) is 6.54 Å². The number of piperazine rings is 1. The number of hydrogen-bond donors (Lipinski definition) is 0. The van der Waals surface area contributed by atoms with Gasteiger partial charge in [-0.25, -0.2) is 13.1 Å². The third-order valence-electron chi connectivity index (χ3n) is 6.29. The van der Waals surface area contributed by atoms with Crippen molar-refractivity contribution in [2.75, 3.05) is 26.2 Å². The minimum atomic E-state index is -3.67. The smallest absolute Gasteiger partial charge is 0.275 e. The lowest BCUT2D eigenvalue weighted by Gasteiger charge is -2.34. The van der Waals surface area contributed by atoms with Gasteiger partial charge in [-0.05, 0) is 35.9 Å². The van der Waals surface area contributed by atoms with E-state index in [0.29, 0.717) is 11.1 Å². The molecule has 1 amide bonds. The summed E-state index contributed by atoms with van der Waals surface area (Å²) >= 11 is 0. The number of rotatable bonds is 4. The fraction of sp³-hybridized carbons (Fsp3) is 0.240. The number of benzene rings is 3. The van der Waals surface area contributed by atoms with Gasteiger partial charge in [0, 0.05) is 31.6 Å². The quantitative estimate of drug-likeness (QED) is 0.451. The molecule has 8 nitrogen and oxygen atoms in total. The summed E-state index contributed by atoms with van der Waals surface area (Å²) in [4.78, 5) is 27.5. The number of aromatic nitrogens is 2. The molecule has 1 aliphatic heterocycles. The predicted octanol–water partition coefficient (Wildman–Crippen LogP) is 2.39. The van der Waals surface area contributed by atoms with Crippen molar-refractivity contribution in [3.63, 3.8) is 0 Å². The molecule has 1 fully saturated rings. The van der Waals surface area contributed by atoms with Crippen LogP contribution >= 0.6 is 0 Å². The summed E-state index contributed by atoms with van der Waals surface area (Å²) in [5, 5.41) is 7.43. The van der Waals surface area contributed by atoms with E-state index in [4.69, 9.17) is 0 Å². The van der Waals surface area contributed by atoms with Crippen molar-refractivity contribution in [2.45, 2.75) is 18.4 Å². The Bertz CT molecular complexity index is 1570. The Kier molecular flexibility index (Phi) is 5.66. The van der Waals surface area contributed by atoms with Crippen LogP contribution in [0.15, 0.2) is 76.4 Å². The fourth-order valence-corrected chi connectivity index (χ4v) is 5.85. The van der Waals surface area contributed by atoms with Crippen LogP contribution < -0.4 is 5.56 Å². The van der Waals surface area contributed by atoms with E-state index in [1.54, 1.807) is 42.2 Å². The van der Waals surface area contributed by atoms with Crippen molar-refractivity contribution in [2.24, 2.45) is 0 Å². The second-order valence-corrected chi connectivity index (χ2v) is 10.3. The van der Waals surface area contributed by atoms with E-state index in [-0.39, 0.29) is 49.1 Å². The van der Waals surface area contributed by atoms with Crippen LogP contribution in [-0.4, -0.2) is 59.5 Å². The third-order valence-corrected chi connectivity index (χ3v) is 8.18. The Morgan fingerprint density at radius 1 is 0.882 bits per heavy atom. The molecule has 1 aromatic heterocycles. The molecule has 1 aliphatic rings. The Morgan fingerprint density at radius 3 is 2.26 bits per heavy atom. The van der Waals surface area contributed by atoms with Crippen molar-refractivity contribution in [1.29, 1.82) is 0 Å². The van der Waals surface area contributed by atoms with Gasteiger partial charge in [-0.2, -0.15) is 9.40 Å². The van der Waals surface area contributed by atoms with E-state index in [1.165, 1.54) is 8.99 Å². The van der Waals surface area contributed by atoms with Gasteiger partial charge < -0.3 is 4.90 Å². The molecule has 0 unspecified atom stereocenters. The standard InChI is InChI=1S/C25H24N4O4S/c1-18-22-8-4-5-9-23(22)25(31)29(26-18)17-24(30)27-12-14-28(15-13-27)34(32,33)21-11-10-19-6-2-3-7-20(19)16-21/h2-11,16H,12-15,17H2,1H3. The lowest BCUT2D eigenvalue weighted by molar-refractivity contribution is -0.133. The highest BCUT2D eigenvalue weighted by atomic mass is 32.2. The fourth-order valence-electron chi connectivity index (χ4n) is 4.39. The summed E-state index contributed by atoms with van der Waals surface area (Å²) in [7, 11) is -3.67. The van der Waals surface area contributed by atoms with Gasteiger partial charge in [-0.15, -0.1) is 0 Å². The molecule has 9 heteroatoms. The average Bonchev–Trinajstić information content (AvgIpc) is 2.87. The molecule has 1 saturated heterocycles. The monoisotopic (exact) mass is 476 g/mol. The zero-order chi connectivity index (χ0) is 23.9. The number of fused-ring (bicyclic) bond motifs is 2. The molecule has 0 radical (unpaired) electrons. The number of nitrogens with zero attached hydrogens (tertiary/aromatic N) is 4. The summed E-state index contributed by atoms with van der Waals surface area (Å²) in [6, 6.07) is 19.9. The largest absolute Gasteiger partial charge is 0.338 e. The molecular weight excluding hydrogens is 452 g/mol. The second kappa shape index (κ2) is 8.66. The first-order valence-corrected chi connectivity index (χ1v) is 12.5. The topological polar surface area (TPSA) is 92.6 Å². The van der Waals surface area contributed by atoms with Gasteiger partial charge in [0.05, 0.1) is 16.0 Å². The van der Waals surface area contributed by atoms with Gasteiger partial charge in [0.25, 0.3) is 5.56 Å². The highest BCUT2D eigenvalue weighted by Gasteiger charge is 2.30. The lowest BCUT2D eigenvalue weighted by Crippen LogP contribution is -2.51. The maximum absolute atomic E-state index is 13.2. The number of hydrogen-bond acceptors (Lipinski definition) is 5. The average molecular weight is 477 g/mol. The SMILES string of the molecule is Cc1nn(CC(=O)N2CCN(S(=O)(=O)c3ccc4ccccc4c3)CC2)c(=O)c2ccccc12. The molecular formula is C25H24N4O4S. The maximum Gasteiger partial charge on any atom is 0.275 e. The summed E-state index contributed by atoms with van der Waals surface area (Å²) in [5.74, 6) is -0.257. The molecule has 0 atom stereocenters. The molecule has 34 heavy (non-hydrogen) atoms. The van der Waals surface area contributed by atoms with Gasteiger partial charge >= 0.3 is 0 Å². The molecule has 0 spiro atoms. The van der Waals surface area contributed by atoms with E-state index in [0.717, 1.165) is 16.2 Å². The van der Waals surface area contributed by atoms with Gasteiger partial charge in [-0.1, -0.05) is 48.5 Å². The molecule has 0 N–H and O–H groups in total. The first-order chi connectivity index (χ1) is 16.3. The highest BCUT2D eigenvalue weighted by Crippen LogP contribution is 2.23. The highest BCUT2D eigenvalue weighted by molar-refractivity contribution is 7.89. The van der Waals surface area contributed by atoms with Gasteiger partial charge in [0.2, 0.25) is 15.9 Å². The molecule has 5 rings (SSSR count). The molecule has 0 bridgehead atoms. The van der Waals surface area contributed by atoms with Crippen molar-refractivity contribution < 1.29 is 13.2 Å². The van der Waals surface area contributed by atoms with E-state index >= 15 is 0 Å². The maximum atomic E-state index is 13.2. The summed E-state index contributed by atoms with van der Waals surface area (Å²) in [5.41, 5.74) is 0.362. The number of sulfonamides is 1. The first-order valence-electron chi connectivity index (χ1n) is 11.1. The van der Waals surface area contributed by atoms with Crippen LogP contribution in [0.2, 0.25) is 0 Å². The molecule has 0 saturated carbocycles. The summed E-state index contributed by atoms with van der Waals surface area (Å²) < 4.78 is 28.9. The van der Waals surface area contributed by atoms with E-state index in [2.05, 4.69) is 5.10 Å². The van der Waals surface area contributed by atoms with Crippen LogP contribution in [0.4, 0.5) is 0 Å². The molecule has 174 valence electrons. The summed E-state index contributed by atoms with van der Waals surface area (Å²) in [6.07, 6.45) is 0. The molecule has 2 heterocycles. The predicted molar refractivity (Wildman–Crippen MR) is 130 cm³/mol. The number of carbonyl (C=O) groups excluding carboxylic acids is 1. The minimum absolute atomic E-state index is 0.179. The lowest BCUT2D eigenvalue weighted by atomic mass is 10.1. The van der Waals surface area contributed by atoms with Gasteiger partial charge in [0.15, 0.2) is 0 Å². The minimum Gasteiger partial charge on any atom is -0.338 e. The van der Waals surface area contributed by atoms with Crippen molar-refractivity contribution >= 4 is 37.5 Å². The van der Waals surface area contributed by atoms with Crippen LogP contribution in [0.5, 0.6) is 0 Å². The van der Waals surface area contributed by atoms with Gasteiger partial charge in [-0.3, -0.25) is 9.59 Å². The number of aryl methyl sites for hydroxylation is 1. The van der Waals surface area contributed by atoms with Crippen molar-refractivity contribution in [3.8, 4) is 0 Å². The van der Waals surface area contributed by atoms with Crippen LogP contribution in [0.1, 0.15) is 5.69 Å². The van der Waals surface area contributed by atoms with Crippen LogP contribution in [0, 0.1) is 6.92 Å². The number of amides is 1. The van der Waals surface area contributed by atoms with Crippen LogP contribution in [-0.2, 0) is 21.4 Å². The van der Waals surface area contributed by atoms with Crippen LogP contribution in [0.25, 0.3) is 21.5 Å². The zero-order valence-electron chi connectivity index (χ0n) is 18.7. The first kappa shape index (κ1) is 22.2. The Morgan fingerprint density at radius 2 is 1.53 bits per heavy atom. The van der Waals surface area contributed by atoms with Crippen LogP contribution in [0.3, 0.4) is 0 Å². The third kappa shape index (κ3) is 3.97. The molecule has 0 aliphatic carbocycles. The van der Waals surface area contributed by atoms with Crippen molar-refractivity contribution in [3.05, 3.63) is 82.8 Å². The normalized spacial score (nSPS) is 15.1. The number of carbonyl (C=O) groups is 1. The Labute approximate surface area is 197 Å². The van der Waals surface area contributed by atoms with E-state index in [9.17, 15) is 18.0 Å². The zero-order valence-corrected chi connectivity index (χ0v) is 19.5. The van der Waals surface area contributed by atoms with E-state index < -0.39 is 10.0 Å². The second-order valence-electron chi connectivity index (χ2n) is 8.39. The Balaban J connectivity index is 1.29.